The molecule has 0 aromatic heterocycles. The highest BCUT2D eigenvalue weighted by molar-refractivity contribution is 6.55. The van der Waals surface area contributed by atoms with E-state index in [2.05, 4.69) is 0 Å². The molecular formula is C9H8Cl2O. The quantitative estimate of drug-likeness (QED) is 0.781. The van der Waals surface area contributed by atoms with Crippen LogP contribution in [-0.2, 0) is 6.42 Å². The number of benzene rings is 1. The number of allylic oxidation sites excluding steroid dienone is 1. The summed E-state index contributed by atoms with van der Waals surface area (Å²) in [5.41, 5.74) is 1.06. The molecule has 1 rings (SSSR count). The summed E-state index contributed by atoms with van der Waals surface area (Å²) in [5, 5.41) is 8.97. The zero-order chi connectivity index (χ0) is 8.97. The van der Waals surface area contributed by atoms with Gasteiger partial charge in [0.05, 0.1) is 0 Å². The molecule has 12 heavy (non-hydrogen) atoms. The minimum Gasteiger partial charge on any atom is -0.508 e. The van der Waals surface area contributed by atoms with Crippen LogP contribution in [0.1, 0.15) is 5.56 Å². The van der Waals surface area contributed by atoms with Crippen LogP contribution in [0.2, 0.25) is 0 Å². The van der Waals surface area contributed by atoms with E-state index in [4.69, 9.17) is 28.3 Å². The van der Waals surface area contributed by atoms with Gasteiger partial charge in [-0.05, 0) is 30.2 Å². The van der Waals surface area contributed by atoms with E-state index in [-0.39, 0.29) is 10.2 Å². The summed E-state index contributed by atoms with van der Waals surface area (Å²) < 4.78 is 0.267. The average Bonchev–Trinajstić information content (AvgIpc) is 2.03. The first-order valence-electron chi connectivity index (χ1n) is 3.47. The van der Waals surface area contributed by atoms with E-state index in [0.29, 0.717) is 6.42 Å². The lowest BCUT2D eigenvalue weighted by Crippen LogP contribution is -1.78. The summed E-state index contributed by atoms with van der Waals surface area (Å²) in [4.78, 5) is 0. The lowest BCUT2D eigenvalue weighted by molar-refractivity contribution is 0.475. The van der Waals surface area contributed by atoms with E-state index in [1.54, 1.807) is 18.2 Å². The summed E-state index contributed by atoms with van der Waals surface area (Å²) in [5.74, 6) is 0.264. The number of hydrogen-bond acceptors (Lipinski definition) is 1. The summed E-state index contributed by atoms with van der Waals surface area (Å²) in [6, 6.07) is 6.90. The minimum atomic E-state index is 0.264. The second-order valence-electron chi connectivity index (χ2n) is 2.36. The van der Waals surface area contributed by atoms with E-state index in [1.807, 2.05) is 12.1 Å². The standard InChI is InChI=1S/C9H8Cl2O/c10-9(11)6-3-7-1-4-8(12)5-2-7/h1-2,4-6,12H,3H2. The molecule has 0 heterocycles. The maximum Gasteiger partial charge on any atom is 0.115 e. The highest BCUT2D eigenvalue weighted by Gasteiger charge is 1.91. The third kappa shape index (κ3) is 3.16. The molecule has 1 nitrogen and oxygen atoms in total. The van der Waals surface area contributed by atoms with Gasteiger partial charge in [0, 0.05) is 0 Å². The van der Waals surface area contributed by atoms with Crippen molar-refractivity contribution in [1.29, 1.82) is 0 Å². The van der Waals surface area contributed by atoms with Crippen LogP contribution in [-0.4, -0.2) is 5.11 Å². The van der Waals surface area contributed by atoms with Gasteiger partial charge in [-0.25, -0.2) is 0 Å². The van der Waals surface area contributed by atoms with Crippen molar-refractivity contribution in [2.45, 2.75) is 6.42 Å². The maximum absolute atomic E-state index is 8.97. The Kier molecular flexibility index (Phi) is 3.45. The first kappa shape index (κ1) is 9.43. The Morgan fingerprint density at radius 3 is 2.33 bits per heavy atom. The number of phenols is 1. The Balaban J connectivity index is 2.65. The Bertz CT molecular complexity index is 273. The SMILES string of the molecule is Oc1ccc(CC=C(Cl)Cl)cc1. The van der Waals surface area contributed by atoms with Gasteiger partial charge in [-0.2, -0.15) is 0 Å². The van der Waals surface area contributed by atoms with E-state index in [0.717, 1.165) is 5.56 Å². The fourth-order valence-electron chi connectivity index (χ4n) is 0.827. The third-order valence-electron chi connectivity index (χ3n) is 1.43. The van der Waals surface area contributed by atoms with Crippen LogP contribution in [0.5, 0.6) is 5.75 Å². The van der Waals surface area contributed by atoms with Gasteiger partial charge in [-0.3, -0.25) is 0 Å². The van der Waals surface area contributed by atoms with Crippen molar-refractivity contribution < 1.29 is 5.11 Å². The predicted octanol–water partition coefficient (Wildman–Crippen LogP) is 3.25. The molecule has 0 aliphatic carbocycles. The lowest BCUT2D eigenvalue weighted by Gasteiger charge is -1.95. The highest BCUT2D eigenvalue weighted by atomic mass is 35.5. The molecule has 0 bridgehead atoms. The fourth-order valence-corrected chi connectivity index (χ4v) is 0.981. The van der Waals surface area contributed by atoms with Crippen LogP contribution in [0.25, 0.3) is 0 Å². The molecule has 0 aliphatic heterocycles. The van der Waals surface area contributed by atoms with E-state index < -0.39 is 0 Å². The topological polar surface area (TPSA) is 20.2 Å². The molecule has 1 aromatic rings. The zero-order valence-electron chi connectivity index (χ0n) is 6.30. The molecule has 0 unspecified atom stereocenters. The highest BCUT2D eigenvalue weighted by Crippen LogP contribution is 2.13. The fraction of sp³-hybridized carbons (Fsp3) is 0.111. The monoisotopic (exact) mass is 202 g/mol. The Morgan fingerprint density at radius 2 is 1.83 bits per heavy atom. The molecule has 64 valence electrons. The predicted molar refractivity (Wildman–Crippen MR) is 51.6 cm³/mol. The summed E-state index contributed by atoms with van der Waals surface area (Å²) >= 11 is 10.9. The van der Waals surface area contributed by atoms with E-state index >= 15 is 0 Å². The van der Waals surface area contributed by atoms with Gasteiger partial charge in [-0.15, -0.1) is 0 Å². The Hall–Kier alpha value is -0.660. The first-order valence-corrected chi connectivity index (χ1v) is 4.23. The van der Waals surface area contributed by atoms with Crippen molar-refractivity contribution >= 4 is 23.2 Å². The number of halogens is 2. The molecule has 3 heteroatoms. The van der Waals surface area contributed by atoms with Gasteiger partial charge in [0.25, 0.3) is 0 Å². The molecule has 0 saturated carbocycles. The molecule has 0 atom stereocenters. The molecule has 0 fully saturated rings. The number of aromatic hydroxyl groups is 1. The second kappa shape index (κ2) is 4.39. The van der Waals surface area contributed by atoms with E-state index in [1.165, 1.54) is 0 Å². The van der Waals surface area contributed by atoms with Crippen molar-refractivity contribution in [1.82, 2.24) is 0 Å². The summed E-state index contributed by atoms with van der Waals surface area (Å²) in [6.07, 6.45) is 2.39. The number of phenolic OH excluding ortho intramolecular Hbond substituents is 1. The van der Waals surface area contributed by atoms with Crippen molar-refractivity contribution in [3.63, 3.8) is 0 Å². The van der Waals surface area contributed by atoms with Crippen LogP contribution < -0.4 is 0 Å². The van der Waals surface area contributed by atoms with Crippen molar-refractivity contribution in [2.75, 3.05) is 0 Å². The summed E-state index contributed by atoms with van der Waals surface area (Å²) in [7, 11) is 0. The smallest absolute Gasteiger partial charge is 0.115 e. The number of hydrogen-bond donors (Lipinski definition) is 1. The molecule has 0 aliphatic rings. The maximum atomic E-state index is 8.97. The van der Waals surface area contributed by atoms with Crippen molar-refractivity contribution in [2.24, 2.45) is 0 Å². The van der Waals surface area contributed by atoms with Gasteiger partial charge < -0.3 is 5.11 Å². The van der Waals surface area contributed by atoms with Gasteiger partial charge in [0.2, 0.25) is 0 Å². The molecule has 1 aromatic carbocycles. The lowest BCUT2D eigenvalue weighted by atomic mass is 10.1. The summed E-state index contributed by atoms with van der Waals surface area (Å²) in [6.45, 7) is 0. The molecule has 0 saturated heterocycles. The van der Waals surface area contributed by atoms with Crippen molar-refractivity contribution in [3.8, 4) is 5.75 Å². The van der Waals surface area contributed by atoms with Gasteiger partial charge in [0.1, 0.15) is 10.2 Å². The molecule has 0 amide bonds. The second-order valence-corrected chi connectivity index (χ2v) is 3.37. The van der Waals surface area contributed by atoms with E-state index in [9.17, 15) is 0 Å². The number of rotatable bonds is 2. The van der Waals surface area contributed by atoms with Crippen LogP contribution in [0, 0.1) is 0 Å². The molecular weight excluding hydrogens is 195 g/mol. The van der Waals surface area contributed by atoms with Crippen molar-refractivity contribution in [3.05, 3.63) is 40.4 Å². The average molecular weight is 203 g/mol. The Labute approximate surface area is 81.2 Å². The van der Waals surface area contributed by atoms with Crippen LogP contribution >= 0.6 is 23.2 Å². The Morgan fingerprint density at radius 1 is 1.25 bits per heavy atom. The largest absolute Gasteiger partial charge is 0.508 e. The van der Waals surface area contributed by atoms with Crippen LogP contribution in [0.15, 0.2) is 34.8 Å². The van der Waals surface area contributed by atoms with Crippen LogP contribution in [0.3, 0.4) is 0 Å². The molecule has 1 N–H and O–H groups in total. The van der Waals surface area contributed by atoms with Crippen LogP contribution in [0.4, 0.5) is 0 Å². The van der Waals surface area contributed by atoms with Gasteiger partial charge >= 0.3 is 0 Å². The normalized spacial score (nSPS) is 9.50. The third-order valence-corrected chi connectivity index (χ3v) is 1.74. The first-order chi connectivity index (χ1) is 5.68. The molecule has 0 spiro atoms. The zero-order valence-corrected chi connectivity index (χ0v) is 7.81. The minimum absolute atomic E-state index is 0.264. The van der Waals surface area contributed by atoms with Gasteiger partial charge in [0.15, 0.2) is 0 Å². The van der Waals surface area contributed by atoms with Gasteiger partial charge in [-0.1, -0.05) is 35.3 Å². The molecule has 0 radical (unpaired) electrons.